The summed E-state index contributed by atoms with van der Waals surface area (Å²) in [6.45, 7) is 3.69. The zero-order valence-corrected chi connectivity index (χ0v) is 8.24. The first kappa shape index (κ1) is 10.3. The third-order valence-electron chi connectivity index (χ3n) is 1.82. The van der Waals surface area contributed by atoms with Crippen molar-refractivity contribution < 1.29 is 9.90 Å². The Bertz CT molecular complexity index is 369. The second-order valence-corrected chi connectivity index (χ2v) is 3.11. The van der Waals surface area contributed by atoms with Crippen LogP contribution in [0.1, 0.15) is 12.5 Å². The Morgan fingerprint density at radius 1 is 1.43 bits per heavy atom. The Morgan fingerprint density at radius 2 is 2.07 bits per heavy atom. The largest absolute Gasteiger partial charge is 0.478 e. The molecule has 3 nitrogen and oxygen atoms in total. The Labute approximate surface area is 83.1 Å². The van der Waals surface area contributed by atoms with E-state index in [9.17, 15) is 4.79 Å². The van der Waals surface area contributed by atoms with Crippen LogP contribution >= 0.6 is 0 Å². The molecule has 3 heteroatoms. The number of aliphatic carboxylic acids is 1. The van der Waals surface area contributed by atoms with Crippen molar-refractivity contribution in [3.8, 4) is 0 Å². The van der Waals surface area contributed by atoms with Crippen molar-refractivity contribution >= 4 is 11.7 Å². The summed E-state index contributed by atoms with van der Waals surface area (Å²) in [6, 6.07) is 7.73. The molecule has 14 heavy (non-hydrogen) atoms. The highest BCUT2D eigenvalue weighted by atomic mass is 16.4. The Kier molecular flexibility index (Phi) is 3.29. The molecule has 1 rings (SSSR count). The molecule has 2 N–H and O–H groups in total. The van der Waals surface area contributed by atoms with Gasteiger partial charge in [0.25, 0.3) is 0 Å². The predicted molar refractivity (Wildman–Crippen MR) is 56.2 cm³/mol. The van der Waals surface area contributed by atoms with Crippen LogP contribution in [0.25, 0.3) is 0 Å². The first-order valence-corrected chi connectivity index (χ1v) is 4.33. The fraction of sp³-hybridized carbons (Fsp3) is 0.182. The number of allylic oxidation sites excluding steroid dienone is 1. The molecule has 0 bridgehead atoms. The number of carboxylic acids is 1. The third-order valence-corrected chi connectivity index (χ3v) is 1.82. The van der Waals surface area contributed by atoms with Crippen molar-refractivity contribution in [2.24, 2.45) is 0 Å². The third kappa shape index (κ3) is 2.94. The summed E-state index contributed by atoms with van der Waals surface area (Å²) in [7, 11) is 0. The summed E-state index contributed by atoms with van der Waals surface area (Å²) in [5.74, 6) is -0.941. The molecular formula is C11H13NO2. The molecule has 0 unspecified atom stereocenters. The number of aryl methyl sites for hydroxylation is 1. The molecule has 0 aliphatic heterocycles. The molecule has 1 aromatic carbocycles. The molecule has 74 valence electrons. The molecule has 0 spiro atoms. The van der Waals surface area contributed by atoms with Crippen LogP contribution in [0.3, 0.4) is 0 Å². The van der Waals surface area contributed by atoms with Crippen LogP contribution in [0.4, 0.5) is 5.69 Å². The number of benzene rings is 1. The number of anilines is 1. The fourth-order valence-electron chi connectivity index (χ4n) is 1.15. The van der Waals surface area contributed by atoms with Crippen LogP contribution in [-0.2, 0) is 4.79 Å². The highest BCUT2D eigenvalue weighted by Gasteiger charge is 1.97. The van der Waals surface area contributed by atoms with Gasteiger partial charge in [0, 0.05) is 17.5 Å². The maximum absolute atomic E-state index is 10.4. The number of rotatable bonds is 3. The van der Waals surface area contributed by atoms with Gasteiger partial charge >= 0.3 is 5.97 Å². The van der Waals surface area contributed by atoms with Gasteiger partial charge < -0.3 is 10.4 Å². The molecule has 1 aromatic rings. The van der Waals surface area contributed by atoms with Gasteiger partial charge in [0.2, 0.25) is 0 Å². The predicted octanol–water partition coefficient (Wildman–Crippen LogP) is 2.40. The van der Waals surface area contributed by atoms with E-state index in [1.54, 1.807) is 6.92 Å². The normalized spacial score (nSPS) is 11.1. The van der Waals surface area contributed by atoms with Gasteiger partial charge in [-0.15, -0.1) is 0 Å². The maximum atomic E-state index is 10.4. The average molecular weight is 191 g/mol. The van der Waals surface area contributed by atoms with Crippen LogP contribution in [0, 0.1) is 6.92 Å². The molecule has 0 radical (unpaired) electrons. The Balaban J connectivity index is 2.79. The summed E-state index contributed by atoms with van der Waals surface area (Å²) in [5.41, 5.74) is 2.64. The summed E-state index contributed by atoms with van der Waals surface area (Å²) < 4.78 is 0. The van der Waals surface area contributed by atoms with Gasteiger partial charge in [0.05, 0.1) is 0 Å². The average Bonchev–Trinajstić information content (AvgIpc) is 2.07. The molecule has 0 amide bonds. The lowest BCUT2D eigenvalue weighted by Gasteiger charge is -2.08. The van der Waals surface area contributed by atoms with Crippen molar-refractivity contribution in [3.63, 3.8) is 0 Å². The zero-order valence-electron chi connectivity index (χ0n) is 8.24. The van der Waals surface area contributed by atoms with E-state index in [4.69, 9.17) is 5.11 Å². The molecular weight excluding hydrogens is 178 g/mol. The zero-order chi connectivity index (χ0) is 10.6. The minimum Gasteiger partial charge on any atom is -0.478 e. The van der Waals surface area contributed by atoms with Crippen LogP contribution in [0.5, 0.6) is 0 Å². The van der Waals surface area contributed by atoms with Gasteiger partial charge in [0.1, 0.15) is 0 Å². The van der Waals surface area contributed by atoms with Crippen molar-refractivity contribution in [3.05, 3.63) is 41.6 Å². The molecule has 0 aliphatic carbocycles. The number of carbonyl (C=O) groups is 1. The van der Waals surface area contributed by atoms with Crippen molar-refractivity contribution in [1.82, 2.24) is 0 Å². The molecule has 0 heterocycles. The van der Waals surface area contributed by atoms with Gasteiger partial charge in [-0.1, -0.05) is 18.2 Å². The minimum absolute atomic E-state index is 0.617. The second-order valence-electron chi connectivity index (χ2n) is 3.11. The number of nitrogens with one attached hydrogen (secondary N) is 1. The Morgan fingerprint density at radius 3 is 2.64 bits per heavy atom. The SMILES string of the molecule is C/C(=C\C(=O)O)Nc1ccccc1C. The number of carboxylic acid groups (broad SMARTS) is 1. The van der Waals surface area contributed by atoms with E-state index in [1.807, 2.05) is 31.2 Å². The van der Waals surface area contributed by atoms with E-state index >= 15 is 0 Å². The highest BCUT2D eigenvalue weighted by Crippen LogP contribution is 2.14. The lowest BCUT2D eigenvalue weighted by molar-refractivity contribution is -0.131. The van der Waals surface area contributed by atoms with E-state index in [-0.39, 0.29) is 0 Å². The van der Waals surface area contributed by atoms with Crippen molar-refractivity contribution in [2.75, 3.05) is 5.32 Å². The smallest absolute Gasteiger partial charge is 0.330 e. The molecule has 0 saturated heterocycles. The lowest BCUT2D eigenvalue weighted by Crippen LogP contribution is -2.00. The monoisotopic (exact) mass is 191 g/mol. The lowest BCUT2D eigenvalue weighted by atomic mass is 10.2. The molecule has 0 atom stereocenters. The van der Waals surface area contributed by atoms with Gasteiger partial charge in [-0.05, 0) is 25.5 Å². The van der Waals surface area contributed by atoms with Gasteiger partial charge in [-0.2, -0.15) is 0 Å². The summed E-state index contributed by atoms with van der Waals surface area (Å²) in [5, 5.41) is 11.5. The molecule has 0 saturated carbocycles. The van der Waals surface area contributed by atoms with E-state index in [2.05, 4.69) is 5.32 Å². The van der Waals surface area contributed by atoms with E-state index in [0.717, 1.165) is 17.3 Å². The van der Waals surface area contributed by atoms with Crippen LogP contribution in [0.2, 0.25) is 0 Å². The maximum Gasteiger partial charge on any atom is 0.330 e. The number of hydrogen-bond acceptors (Lipinski definition) is 2. The minimum atomic E-state index is -0.941. The Hall–Kier alpha value is -1.77. The van der Waals surface area contributed by atoms with Crippen LogP contribution < -0.4 is 5.32 Å². The van der Waals surface area contributed by atoms with Gasteiger partial charge in [-0.25, -0.2) is 4.79 Å². The summed E-state index contributed by atoms with van der Waals surface area (Å²) in [4.78, 5) is 10.4. The van der Waals surface area contributed by atoms with Gasteiger partial charge in [-0.3, -0.25) is 0 Å². The van der Waals surface area contributed by atoms with E-state index in [1.165, 1.54) is 0 Å². The molecule has 0 aromatic heterocycles. The fourth-order valence-corrected chi connectivity index (χ4v) is 1.15. The van der Waals surface area contributed by atoms with Crippen molar-refractivity contribution in [1.29, 1.82) is 0 Å². The topological polar surface area (TPSA) is 49.3 Å². The van der Waals surface area contributed by atoms with Crippen molar-refractivity contribution in [2.45, 2.75) is 13.8 Å². The summed E-state index contributed by atoms with van der Waals surface area (Å²) >= 11 is 0. The quantitative estimate of drug-likeness (QED) is 0.721. The first-order valence-electron chi connectivity index (χ1n) is 4.33. The number of hydrogen-bond donors (Lipinski definition) is 2. The van der Waals surface area contributed by atoms with Crippen LogP contribution in [-0.4, -0.2) is 11.1 Å². The van der Waals surface area contributed by atoms with Crippen LogP contribution in [0.15, 0.2) is 36.0 Å². The van der Waals surface area contributed by atoms with Gasteiger partial charge in [0.15, 0.2) is 0 Å². The highest BCUT2D eigenvalue weighted by molar-refractivity contribution is 5.81. The molecule has 0 aliphatic rings. The first-order chi connectivity index (χ1) is 6.59. The van der Waals surface area contributed by atoms with E-state index in [0.29, 0.717) is 5.70 Å². The number of para-hydroxylation sites is 1. The second kappa shape index (κ2) is 4.46. The molecule has 0 fully saturated rings. The van der Waals surface area contributed by atoms with E-state index < -0.39 is 5.97 Å². The standard InChI is InChI=1S/C11H13NO2/c1-8-5-3-4-6-10(8)12-9(2)7-11(13)14/h3-7,12H,1-2H3,(H,13,14)/b9-7+. The summed E-state index contributed by atoms with van der Waals surface area (Å²) in [6.07, 6.45) is 1.15.